The molecule has 1 aromatic carbocycles. The lowest BCUT2D eigenvalue weighted by atomic mass is 10.1. The summed E-state index contributed by atoms with van der Waals surface area (Å²) in [4.78, 5) is 18.3. The topological polar surface area (TPSA) is 60.2 Å². The van der Waals surface area contributed by atoms with Gasteiger partial charge in [-0.15, -0.1) is 0 Å². The van der Waals surface area contributed by atoms with Gasteiger partial charge in [-0.05, 0) is 38.1 Å². The van der Waals surface area contributed by atoms with Gasteiger partial charge in [0.15, 0.2) is 0 Å². The van der Waals surface area contributed by atoms with Crippen molar-refractivity contribution < 1.29 is 9.53 Å². The highest BCUT2D eigenvalue weighted by molar-refractivity contribution is 5.94. The van der Waals surface area contributed by atoms with Crippen LogP contribution in [-0.2, 0) is 4.74 Å². The number of aromatic nitrogens is 3. The van der Waals surface area contributed by atoms with E-state index < -0.39 is 0 Å². The van der Waals surface area contributed by atoms with E-state index >= 15 is 0 Å². The van der Waals surface area contributed by atoms with Gasteiger partial charge >= 0.3 is 0 Å². The summed E-state index contributed by atoms with van der Waals surface area (Å²) < 4.78 is 7.32. The molecular formula is C15H18N4O2. The van der Waals surface area contributed by atoms with Crippen molar-refractivity contribution in [3.05, 3.63) is 42.5 Å². The monoisotopic (exact) mass is 286 g/mol. The lowest BCUT2D eigenvalue weighted by molar-refractivity contribution is -0.0586. The number of benzene rings is 1. The summed E-state index contributed by atoms with van der Waals surface area (Å²) in [6.07, 6.45) is 3.26. The number of hydrogen-bond donors (Lipinski definition) is 0. The van der Waals surface area contributed by atoms with Crippen LogP contribution in [0.2, 0.25) is 0 Å². The number of amides is 1. The van der Waals surface area contributed by atoms with Crippen LogP contribution in [0.15, 0.2) is 36.9 Å². The maximum absolute atomic E-state index is 12.5. The van der Waals surface area contributed by atoms with Crippen LogP contribution in [0, 0.1) is 0 Å². The molecule has 21 heavy (non-hydrogen) atoms. The molecule has 0 bridgehead atoms. The molecule has 1 aromatic heterocycles. The van der Waals surface area contributed by atoms with Crippen molar-refractivity contribution >= 4 is 5.91 Å². The minimum absolute atomic E-state index is 0.0436. The Balaban J connectivity index is 1.76. The molecule has 0 saturated carbocycles. The van der Waals surface area contributed by atoms with Gasteiger partial charge in [-0.1, -0.05) is 0 Å². The zero-order chi connectivity index (χ0) is 14.8. The van der Waals surface area contributed by atoms with E-state index in [-0.39, 0.29) is 18.1 Å². The fourth-order valence-electron chi connectivity index (χ4n) is 2.62. The van der Waals surface area contributed by atoms with Crippen molar-refractivity contribution in [3.63, 3.8) is 0 Å². The van der Waals surface area contributed by atoms with Crippen LogP contribution < -0.4 is 0 Å². The van der Waals surface area contributed by atoms with E-state index in [2.05, 4.69) is 10.1 Å². The zero-order valence-corrected chi connectivity index (χ0v) is 12.1. The van der Waals surface area contributed by atoms with Gasteiger partial charge in [0.2, 0.25) is 0 Å². The minimum atomic E-state index is 0.0436. The third-order valence-corrected chi connectivity index (χ3v) is 3.50. The van der Waals surface area contributed by atoms with Gasteiger partial charge in [-0.2, -0.15) is 5.10 Å². The molecule has 1 fully saturated rings. The lowest BCUT2D eigenvalue weighted by Crippen LogP contribution is -2.48. The summed E-state index contributed by atoms with van der Waals surface area (Å²) in [5.74, 6) is 0.0436. The van der Waals surface area contributed by atoms with Gasteiger partial charge in [-0.3, -0.25) is 4.79 Å². The zero-order valence-electron chi connectivity index (χ0n) is 12.1. The van der Waals surface area contributed by atoms with E-state index in [0.29, 0.717) is 18.7 Å². The normalized spacial score (nSPS) is 22.3. The predicted octanol–water partition coefficient (Wildman–Crippen LogP) is 1.52. The first-order valence-electron chi connectivity index (χ1n) is 7.03. The molecule has 0 spiro atoms. The van der Waals surface area contributed by atoms with Crippen molar-refractivity contribution in [1.29, 1.82) is 0 Å². The van der Waals surface area contributed by atoms with E-state index in [4.69, 9.17) is 4.74 Å². The predicted molar refractivity (Wildman–Crippen MR) is 77.3 cm³/mol. The fraction of sp³-hybridized carbons (Fsp3) is 0.400. The molecule has 0 aliphatic carbocycles. The first-order valence-corrected chi connectivity index (χ1v) is 7.03. The number of ether oxygens (including phenoxy) is 1. The van der Waals surface area contributed by atoms with Crippen molar-refractivity contribution in [2.24, 2.45) is 0 Å². The minimum Gasteiger partial charge on any atom is -0.372 e. The fourth-order valence-corrected chi connectivity index (χ4v) is 2.62. The second kappa shape index (κ2) is 5.65. The molecule has 3 rings (SSSR count). The highest BCUT2D eigenvalue weighted by atomic mass is 16.5. The number of rotatable bonds is 2. The average Bonchev–Trinajstić information content (AvgIpc) is 3.00. The third-order valence-electron chi connectivity index (χ3n) is 3.50. The molecule has 1 aliphatic rings. The molecule has 1 aliphatic heterocycles. The van der Waals surface area contributed by atoms with Gasteiger partial charge in [-0.25, -0.2) is 9.67 Å². The molecule has 2 atom stereocenters. The van der Waals surface area contributed by atoms with Crippen LogP contribution >= 0.6 is 0 Å². The lowest BCUT2D eigenvalue weighted by Gasteiger charge is -2.35. The second-order valence-corrected chi connectivity index (χ2v) is 5.35. The first-order chi connectivity index (χ1) is 10.1. The summed E-state index contributed by atoms with van der Waals surface area (Å²) in [5.41, 5.74) is 1.56. The second-order valence-electron chi connectivity index (χ2n) is 5.35. The molecule has 0 radical (unpaired) electrons. The molecule has 0 N–H and O–H groups in total. The van der Waals surface area contributed by atoms with Crippen LogP contribution in [0.25, 0.3) is 5.69 Å². The number of carbonyl (C=O) groups excluding carboxylic acids is 1. The van der Waals surface area contributed by atoms with Crippen molar-refractivity contribution in [2.75, 3.05) is 13.1 Å². The van der Waals surface area contributed by atoms with Gasteiger partial charge in [0.05, 0.1) is 17.9 Å². The Morgan fingerprint density at radius 3 is 2.43 bits per heavy atom. The smallest absolute Gasteiger partial charge is 0.254 e. The summed E-state index contributed by atoms with van der Waals surface area (Å²) in [6.45, 7) is 5.25. The largest absolute Gasteiger partial charge is 0.372 e. The SMILES string of the molecule is C[C@H]1CN(C(=O)c2ccc(-n3cncn3)cc2)C[C@H](C)O1. The Bertz CT molecular complexity index is 599. The highest BCUT2D eigenvalue weighted by Gasteiger charge is 2.26. The Kier molecular flexibility index (Phi) is 3.70. The molecule has 1 amide bonds. The van der Waals surface area contributed by atoms with E-state index in [0.717, 1.165) is 5.69 Å². The van der Waals surface area contributed by atoms with Crippen LogP contribution in [0.5, 0.6) is 0 Å². The molecule has 110 valence electrons. The van der Waals surface area contributed by atoms with Gasteiger partial charge < -0.3 is 9.64 Å². The van der Waals surface area contributed by atoms with Crippen molar-refractivity contribution in [3.8, 4) is 5.69 Å². The number of morpholine rings is 1. The van der Waals surface area contributed by atoms with Crippen LogP contribution in [0.4, 0.5) is 0 Å². The molecule has 6 nitrogen and oxygen atoms in total. The summed E-state index contributed by atoms with van der Waals surface area (Å²) >= 11 is 0. The summed E-state index contributed by atoms with van der Waals surface area (Å²) in [5, 5.41) is 4.06. The Morgan fingerprint density at radius 2 is 1.86 bits per heavy atom. The summed E-state index contributed by atoms with van der Waals surface area (Å²) in [7, 11) is 0. The Hall–Kier alpha value is -2.21. The number of nitrogens with zero attached hydrogens (tertiary/aromatic N) is 4. The summed E-state index contributed by atoms with van der Waals surface area (Å²) in [6, 6.07) is 7.39. The van der Waals surface area contributed by atoms with Crippen LogP contribution in [0.1, 0.15) is 24.2 Å². The molecule has 2 aromatic rings. The maximum atomic E-state index is 12.5. The van der Waals surface area contributed by atoms with Gasteiger partial charge in [0.1, 0.15) is 12.7 Å². The van der Waals surface area contributed by atoms with E-state index in [9.17, 15) is 4.79 Å². The third kappa shape index (κ3) is 2.95. The molecule has 6 heteroatoms. The number of hydrogen-bond acceptors (Lipinski definition) is 4. The Labute approximate surface area is 123 Å². The first kappa shape index (κ1) is 13.8. The molecule has 2 heterocycles. The van der Waals surface area contributed by atoms with Crippen molar-refractivity contribution in [1.82, 2.24) is 19.7 Å². The standard InChI is InChI=1S/C15H18N4O2/c1-11-7-18(8-12(2)21-11)15(20)13-3-5-14(6-4-13)19-10-16-9-17-19/h3-6,9-12H,7-8H2,1-2H3/t11-,12-/m0/s1. The van der Waals surface area contributed by atoms with E-state index in [1.807, 2.05) is 43.0 Å². The van der Waals surface area contributed by atoms with Crippen LogP contribution in [0.3, 0.4) is 0 Å². The quantitative estimate of drug-likeness (QED) is 0.839. The Morgan fingerprint density at radius 1 is 1.19 bits per heavy atom. The molecular weight excluding hydrogens is 268 g/mol. The van der Waals surface area contributed by atoms with Gasteiger partial charge in [0.25, 0.3) is 5.91 Å². The highest BCUT2D eigenvalue weighted by Crippen LogP contribution is 2.15. The van der Waals surface area contributed by atoms with Crippen molar-refractivity contribution in [2.45, 2.75) is 26.1 Å². The number of carbonyl (C=O) groups is 1. The molecule has 1 saturated heterocycles. The van der Waals surface area contributed by atoms with E-state index in [1.54, 1.807) is 11.0 Å². The van der Waals surface area contributed by atoms with Gasteiger partial charge in [0, 0.05) is 18.7 Å². The average molecular weight is 286 g/mol. The van der Waals surface area contributed by atoms with Crippen LogP contribution in [-0.4, -0.2) is 50.9 Å². The van der Waals surface area contributed by atoms with E-state index in [1.165, 1.54) is 6.33 Å². The maximum Gasteiger partial charge on any atom is 0.254 e. The molecule has 0 unspecified atom stereocenters.